The lowest BCUT2D eigenvalue weighted by molar-refractivity contribution is -0.0116. The largest absolute Gasteiger partial charge is 0.393 e. The van der Waals surface area contributed by atoms with Gasteiger partial charge in [0.15, 0.2) is 0 Å². The zero-order chi connectivity index (χ0) is 23.0. The Hall–Kier alpha value is -0.970. The number of aliphatic hydroxyl groups is 3. The normalized spacial score (nSPS) is 36.5. The van der Waals surface area contributed by atoms with Crippen LogP contribution in [0.15, 0.2) is 34.9 Å². The lowest BCUT2D eigenvalue weighted by atomic mass is 9.62. The zero-order valence-corrected chi connectivity index (χ0v) is 20.1. The Morgan fingerprint density at radius 3 is 2.61 bits per heavy atom. The molecule has 0 heterocycles. The van der Waals surface area contributed by atoms with E-state index < -0.39 is 24.0 Å². The summed E-state index contributed by atoms with van der Waals surface area (Å²) in [6.07, 6.45) is 11.4. The molecule has 0 amide bonds. The van der Waals surface area contributed by atoms with Crippen LogP contribution in [0.4, 0.5) is 4.39 Å². The molecule has 0 saturated heterocycles. The van der Waals surface area contributed by atoms with Gasteiger partial charge < -0.3 is 15.3 Å². The number of hydrogen-bond acceptors (Lipinski definition) is 3. The van der Waals surface area contributed by atoms with Gasteiger partial charge in [0.2, 0.25) is 0 Å². The molecule has 3 aliphatic carbocycles. The molecule has 1 saturated carbocycles. The third kappa shape index (κ3) is 5.34. The highest BCUT2D eigenvalue weighted by atomic mass is 19.1. The summed E-state index contributed by atoms with van der Waals surface area (Å²) in [7, 11) is 0. The minimum Gasteiger partial charge on any atom is -0.393 e. The number of alkyl halides is 1. The summed E-state index contributed by atoms with van der Waals surface area (Å²) >= 11 is 0. The van der Waals surface area contributed by atoms with Gasteiger partial charge in [0.25, 0.3) is 0 Å². The van der Waals surface area contributed by atoms with Gasteiger partial charge in [-0.2, -0.15) is 0 Å². The van der Waals surface area contributed by atoms with Crippen molar-refractivity contribution in [3.05, 3.63) is 34.9 Å². The van der Waals surface area contributed by atoms with Crippen molar-refractivity contribution in [2.75, 3.05) is 0 Å². The Morgan fingerprint density at radius 2 is 1.94 bits per heavy atom. The van der Waals surface area contributed by atoms with Crippen molar-refractivity contribution >= 4 is 0 Å². The maximum Gasteiger partial charge on any atom is 0.128 e. The fraction of sp³-hybridized carbons (Fsp3) is 0.778. The van der Waals surface area contributed by atoms with Gasteiger partial charge in [-0.25, -0.2) is 4.39 Å². The second-order valence-electron chi connectivity index (χ2n) is 11.3. The molecule has 0 unspecified atom stereocenters. The number of allylic oxidation sites excluding steroid dienone is 4. The molecule has 0 bridgehead atoms. The average Bonchev–Trinajstić information content (AvgIpc) is 3.04. The van der Waals surface area contributed by atoms with Crippen LogP contribution >= 0.6 is 0 Å². The van der Waals surface area contributed by atoms with E-state index >= 15 is 0 Å². The van der Waals surface area contributed by atoms with Gasteiger partial charge in [-0.05, 0) is 106 Å². The van der Waals surface area contributed by atoms with Crippen molar-refractivity contribution < 1.29 is 19.7 Å². The van der Waals surface area contributed by atoms with Crippen LogP contribution in [0.3, 0.4) is 0 Å². The fourth-order valence-electron chi connectivity index (χ4n) is 6.49. The molecular weight excluding hydrogens is 391 g/mol. The molecule has 4 heteroatoms. The molecule has 0 aromatic heterocycles. The molecule has 0 aliphatic heterocycles. The van der Waals surface area contributed by atoms with E-state index in [1.165, 1.54) is 18.4 Å². The van der Waals surface area contributed by atoms with Gasteiger partial charge in [0.1, 0.15) is 6.17 Å². The molecule has 7 atom stereocenters. The second-order valence-corrected chi connectivity index (χ2v) is 11.3. The predicted molar refractivity (Wildman–Crippen MR) is 124 cm³/mol. The van der Waals surface area contributed by atoms with Crippen LogP contribution in [0.1, 0.15) is 86.0 Å². The topological polar surface area (TPSA) is 60.7 Å². The third-order valence-corrected chi connectivity index (χ3v) is 8.64. The molecule has 0 aromatic carbocycles. The minimum absolute atomic E-state index is 0.226. The Labute approximate surface area is 188 Å². The third-order valence-electron chi connectivity index (χ3n) is 8.64. The molecule has 176 valence electrons. The Bertz CT molecular complexity index is 731. The van der Waals surface area contributed by atoms with Crippen LogP contribution in [0, 0.1) is 23.2 Å². The van der Waals surface area contributed by atoms with Crippen LogP contribution in [0.2, 0.25) is 0 Å². The van der Waals surface area contributed by atoms with E-state index in [9.17, 15) is 19.7 Å². The fourth-order valence-corrected chi connectivity index (χ4v) is 6.49. The van der Waals surface area contributed by atoms with Crippen molar-refractivity contribution in [3.8, 4) is 0 Å². The van der Waals surface area contributed by atoms with Gasteiger partial charge in [0.05, 0.1) is 17.8 Å². The molecule has 31 heavy (non-hydrogen) atoms. The molecule has 3 aliphatic rings. The number of hydrogen-bond donors (Lipinski definition) is 3. The number of aliphatic hydroxyl groups excluding tert-OH is 2. The Kier molecular flexibility index (Phi) is 7.55. The van der Waals surface area contributed by atoms with Crippen LogP contribution in [0.5, 0.6) is 0 Å². The van der Waals surface area contributed by atoms with Crippen LogP contribution in [0.25, 0.3) is 0 Å². The van der Waals surface area contributed by atoms with Gasteiger partial charge in [0, 0.05) is 6.42 Å². The zero-order valence-electron chi connectivity index (χ0n) is 20.1. The molecule has 3 N–H and O–H groups in total. The smallest absolute Gasteiger partial charge is 0.128 e. The van der Waals surface area contributed by atoms with E-state index in [2.05, 4.69) is 32.1 Å². The van der Waals surface area contributed by atoms with Gasteiger partial charge in [-0.1, -0.05) is 32.1 Å². The summed E-state index contributed by atoms with van der Waals surface area (Å²) in [6.45, 7) is 9.77. The molecule has 1 fully saturated rings. The monoisotopic (exact) mass is 434 g/mol. The first kappa shape index (κ1) is 24.7. The first-order valence-corrected chi connectivity index (χ1v) is 12.2. The summed E-state index contributed by atoms with van der Waals surface area (Å²) in [4.78, 5) is 0. The molecule has 3 nitrogen and oxygen atoms in total. The summed E-state index contributed by atoms with van der Waals surface area (Å²) in [5.74, 6) is 1.52. The first-order valence-electron chi connectivity index (χ1n) is 12.2. The lowest BCUT2D eigenvalue weighted by Crippen LogP contribution is -2.36. The maximum absolute atomic E-state index is 14.3. The highest BCUT2D eigenvalue weighted by Crippen LogP contribution is 2.58. The van der Waals surface area contributed by atoms with E-state index in [1.807, 2.05) is 6.92 Å². The molecule has 0 aromatic rings. The summed E-state index contributed by atoms with van der Waals surface area (Å²) in [5, 5.41) is 30.2. The predicted octanol–water partition coefficient (Wildman–Crippen LogP) is 5.65. The van der Waals surface area contributed by atoms with E-state index in [-0.39, 0.29) is 5.41 Å². The van der Waals surface area contributed by atoms with E-state index in [4.69, 9.17) is 0 Å². The first-order chi connectivity index (χ1) is 14.4. The summed E-state index contributed by atoms with van der Waals surface area (Å²) < 4.78 is 14.3. The van der Waals surface area contributed by atoms with Crippen molar-refractivity contribution in [2.24, 2.45) is 23.2 Å². The molecule has 3 rings (SSSR count). The summed E-state index contributed by atoms with van der Waals surface area (Å²) in [6, 6.07) is 0. The quantitative estimate of drug-likeness (QED) is 0.485. The number of fused-ring (bicyclic) bond motifs is 1. The second kappa shape index (κ2) is 9.49. The van der Waals surface area contributed by atoms with Gasteiger partial charge in [-0.15, -0.1) is 0 Å². The van der Waals surface area contributed by atoms with E-state index in [0.717, 1.165) is 30.4 Å². The average molecular weight is 435 g/mol. The van der Waals surface area contributed by atoms with Crippen LogP contribution in [-0.4, -0.2) is 39.3 Å². The maximum atomic E-state index is 14.3. The molecule has 0 spiro atoms. The van der Waals surface area contributed by atoms with E-state index in [0.29, 0.717) is 37.0 Å². The Morgan fingerprint density at radius 1 is 1.23 bits per heavy atom. The summed E-state index contributed by atoms with van der Waals surface area (Å²) in [5.41, 5.74) is 2.39. The molecule has 0 radical (unpaired) electrons. The van der Waals surface area contributed by atoms with Crippen molar-refractivity contribution in [1.82, 2.24) is 0 Å². The van der Waals surface area contributed by atoms with Crippen LogP contribution in [-0.2, 0) is 0 Å². The van der Waals surface area contributed by atoms with Crippen molar-refractivity contribution in [3.63, 3.8) is 0 Å². The van der Waals surface area contributed by atoms with Crippen molar-refractivity contribution in [2.45, 2.75) is 110 Å². The highest BCUT2D eigenvalue weighted by Gasteiger charge is 2.49. The number of rotatable bonds is 7. The minimum atomic E-state index is -1.26. The SMILES string of the molecule is CC1=C(/C=C\C2=CCC[C@]3(C)[C@@H]([C@H](C)CC[C@@H](F)C(C)(C)O)CC[C@@H]23)C[C@H](O)C[C@H]1O. The van der Waals surface area contributed by atoms with Crippen LogP contribution < -0.4 is 0 Å². The highest BCUT2D eigenvalue weighted by molar-refractivity contribution is 5.37. The van der Waals surface area contributed by atoms with E-state index in [1.54, 1.807) is 13.8 Å². The molecular formula is C27H43FO3. The standard InChI is InChI=1S/C27H43FO3/c1-17(8-13-25(28)26(3,4)31)22-11-12-23-19(7-6-14-27(22,23)5)9-10-20-15-21(29)16-24(30)18(20)2/h7,9-10,17,21-25,29-31H,6,8,11-16H2,1-5H3/b10-9-/t17-,21+,22-,23+,24-,25-,27-/m1/s1. The van der Waals surface area contributed by atoms with Gasteiger partial charge in [-0.3, -0.25) is 0 Å². The Balaban J connectivity index is 1.69. The number of halogens is 1. The van der Waals surface area contributed by atoms with Crippen molar-refractivity contribution in [1.29, 1.82) is 0 Å². The lowest BCUT2D eigenvalue weighted by Gasteiger charge is -2.43. The van der Waals surface area contributed by atoms with Gasteiger partial charge >= 0.3 is 0 Å².